The predicted molar refractivity (Wildman–Crippen MR) is 125 cm³/mol. The largest absolute Gasteiger partial charge is 0.496 e. The first-order valence-electron chi connectivity index (χ1n) is 10.4. The highest BCUT2D eigenvalue weighted by atomic mass is 16.5. The van der Waals surface area contributed by atoms with Gasteiger partial charge in [0.2, 0.25) is 0 Å². The van der Waals surface area contributed by atoms with Crippen molar-refractivity contribution in [2.45, 2.75) is 26.7 Å². The SMILES string of the molecule is COc1ccc(C(c2c(C)[nH]c3ccccc23)c2c(C)[nH]c3ccccc23)cc1C. The van der Waals surface area contributed by atoms with Crippen LogP contribution in [0.4, 0.5) is 0 Å². The van der Waals surface area contributed by atoms with Crippen molar-refractivity contribution in [3.63, 3.8) is 0 Å². The van der Waals surface area contributed by atoms with E-state index in [2.05, 4.69) is 97.5 Å². The molecule has 0 atom stereocenters. The number of aryl methyl sites for hydroxylation is 3. The zero-order chi connectivity index (χ0) is 20.8. The average molecular weight is 395 g/mol. The van der Waals surface area contributed by atoms with Gasteiger partial charge in [-0.3, -0.25) is 0 Å². The number of para-hydroxylation sites is 2. The lowest BCUT2D eigenvalue weighted by molar-refractivity contribution is 0.411. The predicted octanol–water partition coefficient (Wildman–Crippen LogP) is 6.76. The summed E-state index contributed by atoms with van der Waals surface area (Å²) in [5.74, 6) is 1.03. The zero-order valence-corrected chi connectivity index (χ0v) is 17.8. The fourth-order valence-electron chi connectivity index (χ4n) is 4.90. The van der Waals surface area contributed by atoms with Gasteiger partial charge in [0.1, 0.15) is 5.75 Å². The topological polar surface area (TPSA) is 40.8 Å². The molecule has 0 aliphatic rings. The van der Waals surface area contributed by atoms with Crippen LogP contribution in [-0.2, 0) is 0 Å². The van der Waals surface area contributed by atoms with Crippen molar-refractivity contribution in [2.75, 3.05) is 7.11 Å². The molecule has 0 unspecified atom stereocenters. The minimum absolute atomic E-state index is 0.113. The summed E-state index contributed by atoms with van der Waals surface area (Å²) in [4.78, 5) is 7.22. The van der Waals surface area contributed by atoms with E-state index in [4.69, 9.17) is 4.74 Å². The molecule has 2 aromatic heterocycles. The van der Waals surface area contributed by atoms with E-state index in [-0.39, 0.29) is 5.92 Å². The maximum atomic E-state index is 5.54. The van der Waals surface area contributed by atoms with Crippen molar-refractivity contribution >= 4 is 21.8 Å². The van der Waals surface area contributed by atoms with Crippen LogP contribution in [-0.4, -0.2) is 17.1 Å². The van der Waals surface area contributed by atoms with E-state index < -0.39 is 0 Å². The molecule has 0 radical (unpaired) electrons. The third-order valence-electron chi connectivity index (χ3n) is 6.22. The standard InChI is InChI=1S/C27H26N2O/c1-16-15-19(13-14-24(16)30-4)27(25-17(2)28-22-11-7-5-9-20(22)25)26-18(3)29-23-12-8-6-10-21(23)26/h5-15,27-29H,1-4H3. The Kier molecular flexibility index (Phi) is 4.39. The van der Waals surface area contributed by atoms with Crippen LogP contribution in [0.2, 0.25) is 0 Å². The van der Waals surface area contributed by atoms with Crippen LogP contribution in [0.15, 0.2) is 66.7 Å². The molecule has 0 fully saturated rings. The highest BCUT2D eigenvalue weighted by Gasteiger charge is 2.27. The van der Waals surface area contributed by atoms with Gasteiger partial charge in [-0.15, -0.1) is 0 Å². The van der Waals surface area contributed by atoms with Crippen LogP contribution in [0.1, 0.15) is 39.6 Å². The van der Waals surface area contributed by atoms with E-state index in [0.717, 1.165) is 11.3 Å². The van der Waals surface area contributed by atoms with E-state index >= 15 is 0 Å². The number of aromatic amines is 2. The Labute approximate surface area is 176 Å². The molecule has 150 valence electrons. The summed E-state index contributed by atoms with van der Waals surface area (Å²) in [6, 6.07) is 23.8. The van der Waals surface area contributed by atoms with Gasteiger partial charge in [0.05, 0.1) is 7.11 Å². The maximum absolute atomic E-state index is 5.54. The number of nitrogens with one attached hydrogen (secondary N) is 2. The molecule has 3 heteroatoms. The Morgan fingerprint density at radius 1 is 0.700 bits per heavy atom. The second kappa shape index (κ2) is 7.10. The van der Waals surface area contributed by atoms with Gasteiger partial charge >= 0.3 is 0 Å². The molecule has 2 N–H and O–H groups in total. The highest BCUT2D eigenvalue weighted by Crippen LogP contribution is 2.43. The molecule has 0 aliphatic carbocycles. The lowest BCUT2D eigenvalue weighted by atomic mass is 9.81. The molecule has 0 saturated carbocycles. The molecule has 3 nitrogen and oxygen atoms in total. The summed E-state index contributed by atoms with van der Waals surface area (Å²) in [7, 11) is 1.73. The van der Waals surface area contributed by atoms with Crippen LogP contribution in [0.5, 0.6) is 5.75 Å². The summed E-state index contributed by atoms with van der Waals surface area (Å²) in [5.41, 5.74) is 9.86. The third kappa shape index (κ3) is 2.81. The normalized spacial score (nSPS) is 11.6. The van der Waals surface area contributed by atoms with Gasteiger partial charge in [-0.1, -0.05) is 48.5 Å². The van der Waals surface area contributed by atoms with Gasteiger partial charge in [0.15, 0.2) is 0 Å². The Balaban J connectivity index is 1.86. The second-order valence-corrected chi connectivity index (χ2v) is 8.08. The molecule has 3 aromatic carbocycles. The number of ether oxygens (including phenoxy) is 1. The summed E-state index contributed by atoms with van der Waals surface area (Å²) in [6.45, 7) is 6.48. The number of benzene rings is 3. The van der Waals surface area contributed by atoms with Gasteiger partial charge in [0, 0.05) is 39.1 Å². The highest BCUT2D eigenvalue weighted by molar-refractivity contribution is 5.90. The van der Waals surface area contributed by atoms with Gasteiger partial charge in [-0.2, -0.15) is 0 Å². The number of rotatable bonds is 4. The average Bonchev–Trinajstić information content (AvgIpc) is 3.25. The van der Waals surface area contributed by atoms with Crippen LogP contribution in [0, 0.1) is 20.8 Å². The van der Waals surface area contributed by atoms with Crippen molar-refractivity contribution < 1.29 is 4.74 Å². The van der Waals surface area contributed by atoms with Gasteiger partial charge < -0.3 is 14.7 Å². The number of aromatic nitrogens is 2. The minimum Gasteiger partial charge on any atom is -0.496 e. The molecule has 0 amide bonds. The maximum Gasteiger partial charge on any atom is 0.121 e. The first-order chi connectivity index (χ1) is 14.6. The molecule has 5 aromatic rings. The number of hydrogen-bond donors (Lipinski definition) is 2. The van der Waals surface area contributed by atoms with E-state index in [1.807, 2.05) is 0 Å². The van der Waals surface area contributed by atoms with Crippen LogP contribution < -0.4 is 4.74 Å². The zero-order valence-electron chi connectivity index (χ0n) is 17.8. The number of H-pyrrole nitrogens is 2. The van der Waals surface area contributed by atoms with Gasteiger partial charge in [-0.05, 0) is 61.2 Å². The Hall–Kier alpha value is -3.46. The molecular weight excluding hydrogens is 368 g/mol. The molecule has 30 heavy (non-hydrogen) atoms. The fourth-order valence-corrected chi connectivity index (χ4v) is 4.90. The number of methoxy groups -OCH3 is 1. The Morgan fingerprint density at radius 2 is 1.23 bits per heavy atom. The summed E-state index contributed by atoms with van der Waals surface area (Å²) < 4.78 is 5.54. The summed E-state index contributed by atoms with van der Waals surface area (Å²) in [6.07, 6.45) is 0. The van der Waals surface area contributed by atoms with Gasteiger partial charge in [-0.25, -0.2) is 0 Å². The van der Waals surface area contributed by atoms with Crippen LogP contribution >= 0.6 is 0 Å². The van der Waals surface area contributed by atoms with Gasteiger partial charge in [0.25, 0.3) is 0 Å². The number of hydrogen-bond acceptors (Lipinski definition) is 1. The summed E-state index contributed by atoms with van der Waals surface area (Å²) in [5, 5.41) is 2.55. The summed E-state index contributed by atoms with van der Waals surface area (Å²) >= 11 is 0. The molecule has 2 heterocycles. The van der Waals surface area contributed by atoms with E-state index in [1.54, 1.807) is 7.11 Å². The Morgan fingerprint density at radius 3 is 1.73 bits per heavy atom. The quantitative estimate of drug-likeness (QED) is 0.347. The van der Waals surface area contributed by atoms with E-state index in [0.29, 0.717) is 0 Å². The smallest absolute Gasteiger partial charge is 0.121 e. The fraction of sp³-hybridized carbons (Fsp3) is 0.185. The molecule has 5 rings (SSSR count). The monoisotopic (exact) mass is 394 g/mol. The van der Waals surface area contributed by atoms with Crippen LogP contribution in [0.3, 0.4) is 0 Å². The Bertz CT molecular complexity index is 1290. The van der Waals surface area contributed by atoms with Crippen molar-refractivity contribution in [3.8, 4) is 5.75 Å². The van der Waals surface area contributed by atoms with E-state index in [9.17, 15) is 0 Å². The molecular formula is C27H26N2O. The molecule has 0 spiro atoms. The van der Waals surface area contributed by atoms with Crippen molar-refractivity contribution in [1.82, 2.24) is 9.97 Å². The van der Waals surface area contributed by atoms with Crippen molar-refractivity contribution in [1.29, 1.82) is 0 Å². The van der Waals surface area contributed by atoms with Crippen LogP contribution in [0.25, 0.3) is 21.8 Å². The van der Waals surface area contributed by atoms with Crippen molar-refractivity contribution in [2.24, 2.45) is 0 Å². The first kappa shape index (κ1) is 18.6. The number of fused-ring (bicyclic) bond motifs is 2. The molecule has 0 saturated heterocycles. The minimum atomic E-state index is 0.113. The lowest BCUT2D eigenvalue weighted by Crippen LogP contribution is -2.06. The van der Waals surface area contributed by atoms with E-state index in [1.165, 1.54) is 49.9 Å². The third-order valence-corrected chi connectivity index (χ3v) is 6.22. The lowest BCUT2D eigenvalue weighted by Gasteiger charge is -2.21. The molecule has 0 bridgehead atoms. The first-order valence-corrected chi connectivity index (χ1v) is 10.4. The second-order valence-electron chi connectivity index (χ2n) is 8.08. The van der Waals surface area contributed by atoms with Crippen molar-refractivity contribution in [3.05, 3.63) is 100 Å². The molecule has 0 aliphatic heterocycles.